The summed E-state index contributed by atoms with van der Waals surface area (Å²) in [5.74, 6) is 0.602. The highest BCUT2D eigenvalue weighted by atomic mass is 16.2. The lowest BCUT2D eigenvalue weighted by Gasteiger charge is -2.19. The third-order valence-electron chi connectivity index (χ3n) is 7.85. The molecule has 11 heteroatoms. The summed E-state index contributed by atoms with van der Waals surface area (Å²) in [7, 11) is 0. The molecule has 8 rings (SSSR count). The van der Waals surface area contributed by atoms with Crippen LogP contribution in [0.4, 0.5) is 11.4 Å². The van der Waals surface area contributed by atoms with Crippen LogP contribution in [0.15, 0.2) is 138 Å². The van der Waals surface area contributed by atoms with Crippen LogP contribution in [-0.2, 0) is 11.2 Å². The summed E-state index contributed by atoms with van der Waals surface area (Å²) in [5, 5.41) is 18.7. The number of pyridine rings is 1. The zero-order valence-corrected chi connectivity index (χ0v) is 25.3. The van der Waals surface area contributed by atoms with E-state index in [-0.39, 0.29) is 18.2 Å². The van der Waals surface area contributed by atoms with Crippen molar-refractivity contribution in [3.8, 4) is 28.5 Å². The summed E-state index contributed by atoms with van der Waals surface area (Å²) < 4.78 is 1.59. The second-order valence-corrected chi connectivity index (χ2v) is 10.9. The maximum atomic E-state index is 13.8. The first kappa shape index (κ1) is 28.4. The van der Waals surface area contributed by atoms with Crippen molar-refractivity contribution in [1.82, 2.24) is 24.6 Å². The quantitative estimate of drug-likeness (QED) is 0.206. The molecule has 11 nitrogen and oxygen atoms in total. The van der Waals surface area contributed by atoms with Crippen molar-refractivity contribution in [2.75, 3.05) is 10.3 Å². The Kier molecular flexibility index (Phi) is 7.12. The Labute approximate surface area is 274 Å². The number of amidine groups is 2. The van der Waals surface area contributed by atoms with Crippen molar-refractivity contribution in [1.29, 1.82) is 5.26 Å². The van der Waals surface area contributed by atoms with E-state index in [1.54, 1.807) is 15.7 Å². The van der Waals surface area contributed by atoms with Crippen LogP contribution in [0, 0.1) is 11.3 Å². The van der Waals surface area contributed by atoms with Gasteiger partial charge in [0, 0.05) is 11.1 Å². The van der Waals surface area contributed by atoms with Crippen molar-refractivity contribution >= 4 is 45.6 Å². The van der Waals surface area contributed by atoms with Crippen LogP contribution in [0.5, 0.6) is 0 Å². The zero-order valence-electron chi connectivity index (χ0n) is 25.3. The van der Waals surface area contributed by atoms with Crippen molar-refractivity contribution in [2.24, 2.45) is 10.1 Å². The monoisotopic (exact) mass is 624 g/mol. The number of hydrogen-bond acceptors (Lipinski definition) is 8. The molecule has 0 fully saturated rings. The highest BCUT2D eigenvalue weighted by molar-refractivity contribution is 6.55. The highest BCUT2D eigenvalue weighted by Crippen LogP contribution is 2.34. The minimum Gasteiger partial charge on any atom is -0.276 e. The molecule has 48 heavy (non-hydrogen) atoms. The standard InChI is InChI=1S/C37H24N10O/c38-21-20-31-41-36-32-29(24-10-4-1-5-11-24)22-30(40-33(32)39-23-46(36)45-31)25-16-18-28(19-17-25)47-35(26-12-6-2-7-13-26)42-34(37(47)48)44-43-27-14-8-3-9-15-27/h1-19,22-23,43H,20H2/b44-34-. The molecule has 0 aliphatic carbocycles. The van der Waals surface area contributed by atoms with E-state index in [0.717, 1.165) is 33.3 Å². The summed E-state index contributed by atoms with van der Waals surface area (Å²) >= 11 is 0. The van der Waals surface area contributed by atoms with Crippen molar-refractivity contribution < 1.29 is 4.79 Å². The average Bonchev–Trinajstić information content (AvgIpc) is 3.71. The Balaban J connectivity index is 1.19. The molecule has 0 saturated carbocycles. The summed E-state index contributed by atoms with van der Waals surface area (Å²) in [6, 6.07) is 40.6. The van der Waals surface area contributed by atoms with Crippen LogP contribution in [0.25, 0.3) is 39.1 Å². The number of nitrogens with zero attached hydrogens (tertiary/aromatic N) is 9. The summed E-state index contributed by atoms with van der Waals surface area (Å²) in [4.78, 5) is 34.1. The summed E-state index contributed by atoms with van der Waals surface area (Å²) in [6.45, 7) is 0. The minimum absolute atomic E-state index is 0.0503. The Morgan fingerprint density at radius 1 is 0.792 bits per heavy atom. The smallest absolute Gasteiger partial charge is 0.276 e. The third-order valence-corrected chi connectivity index (χ3v) is 7.85. The lowest BCUT2D eigenvalue weighted by Crippen LogP contribution is -2.34. The van der Waals surface area contributed by atoms with Crippen molar-refractivity contribution in [3.63, 3.8) is 0 Å². The molecule has 0 bridgehead atoms. The van der Waals surface area contributed by atoms with Crippen LogP contribution in [0.2, 0.25) is 0 Å². The number of hydrogen-bond donors (Lipinski definition) is 1. The fraction of sp³-hybridized carbons (Fsp3) is 0.0270. The van der Waals surface area contributed by atoms with Crippen LogP contribution in [0.1, 0.15) is 11.4 Å². The number of benzene rings is 4. The molecule has 4 heterocycles. The number of nitriles is 1. The lowest BCUT2D eigenvalue weighted by molar-refractivity contribution is -0.111. The van der Waals surface area contributed by atoms with Gasteiger partial charge in [0.2, 0.25) is 5.84 Å². The fourth-order valence-corrected chi connectivity index (χ4v) is 5.61. The van der Waals surface area contributed by atoms with Gasteiger partial charge in [0.1, 0.15) is 12.2 Å². The SMILES string of the molecule is N#CCc1nc2c3c(-c4ccccc4)cc(-c4ccc(N5C(=O)/C(=N/Nc6ccccc6)N=C5c5ccccc5)cc4)nc3ncn2n1. The van der Waals surface area contributed by atoms with E-state index in [1.165, 1.54) is 0 Å². The van der Waals surface area contributed by atoms with Crippen molar-refractivity contribution in [2.45, 2.75) is 6.42 Å². The van der Waals surface area contributed by atoms with E-state index in [0.29, 0.717) is 34.3 Å². The van der Waals surface area contributed by atoms with Gasteiger partial charge in [0.25, 0.3) is 0 Å². The topological polar surface area (TPSA) is 137 Å². The van der Waals surface area contributed by atoms with E-state index in [9.17, 15) is 10.1 Å². The second-order valence-electron chi connectivity index (χ2n) is 10.9. The Morgan fingerprint density at radius 3 is 2.19 bits per heavy atom. The summed E-state index contributed by atoms with van der Waals surface area (Å²) in [6.07, 6.45) is 1.66. The molecule has 3 aromatic heterocycles. The first-order valence-corrected chi connectivity index (χ1v) is 15.1. The molecule has 0 atom stereocenters. The Morgan fingerprint density at radius 2 is 1.48 bits per heavy atom. The Bertz CT molecular complexity index is 2410. The largest absolute Gasteiger partial charge is 0.303 e. The number of carbonyl (C=O) groups is 1. The van der Waals surface area contributed by atoms with E-state index in [1.807, 2.05) is 121 Å². The fourth-order valence-electron chi connectivity index (χ4n) is 5.61. The number of rotatable bonds is 7. The van der Waals surface area contributed by atoms with E-state index in [4.69, 9.17) is 4.98 Å². The van der Waals surface area contributed by atoms with Gasteiger partial charge >= 0.3 is 5.91 Å². The minimum atomic E-state index is -0.350. The molecule has 228 valence electrons. The summed E-state index contributed by atoms with van der Waals surface area (Å²) in [5.41, 5.74) is 9.55. The average molecular weight is 625 g/mol. The number of nitrogens with one attached hydrogen (secondary N) is 1. The first-order valence-electron chi connectivity index (χ1n) is 15.1. The van der Waals surface area contributed by atoms with Gasteiger partial charge < -0.3 is 0 Å². The number of aromatic nitrogens is 5. The van der Waals surface area contributed by atoms with E-state index < -0.39 is 0 Å². The Hall–Kier alpha value is -7.06. The van der Waals surface area contributed by atoms with E-state index >= 15 is 0 Å². The molecule has 1 N–H and O–H groups in total. The van der Waals surface area contributed by atoms with Gasteiger partial charge in [-0.15, -0.1) is 10.2 Å². The molecule has 4 aromatic carbocycles. The number of carbonyl (C=O) groups excluding carboxylic acids is 1. The third kappa shape index (κ3) is 5.19. The zero-order chi connectivity index (χ0) is 32.5. The molecule has 1 aliphatic rings. The molecule has 0 spiro atoms. The molecule has 1 amide bonds. The number of fused-ring (bicyclic) bond motifs is 3. The number of hydrazone groups is 1. The van der Waals surface area contributed by atoms with Gasteiger partial charge in [-0.2, -0.15) is 5.26 Å². The second kappa shape index (κ2) is 12.0. The predicted octanol–water partition coefficient (Wildman–Crippen LogP) is 6.29. The van der Waals surface area contributed by atoms with Gasteiger partial charge in [-0.05, 0) is 41.5 Å². The molecule has 0 radical (unpaired) electrons. The molecule has 1 aliphatic heterocycles. The number of aliphatic imine (C=N–C) groups is 1. The normalized spacial score (nSPS) is 13.6. The molecule has 0 unspecified atom stereocenters. The van der Waals surface area contributed by atoms with Gasteiger partial charge in [-0.3, -0.25) is 15.1 Å². The number of anilines is 2. The van der Waals surface area contributed by atoms with Crippen molar-refractivity contribution in [3.05, 3.63) is 139 Å². The maximum absolute atomic E-state index is 13.8. The molecule has 7 aromatic rings. The molecular formula is C37H24N10O. The first-order chi connectivity index (χ1) is 23.7. The van der Waals surface area contributed by atoms with E-state index in [2.05, 4.69) is 36.7 Å². The van der Waals surface area contributed by atoms with Gasteiger partial charge in [-0.1, -0.05) is 91.0 Å². The van der Waals surface area contributed by atoms with Gasteiger partial charge in [0.05, 0.1) is 34.9 Å². The van der Waals surface area contributed by atoms with Crippen LogP contribution in [0.3, 0.4) is 0 Å². The van der Waals surface area contributed by atoms with Crippen LogP contribution in [-0.4, -0.2) is 42.1 Å². The predicted molar refractivity (Wildman–Crippen MR) is 184 cm³/mol. The molecule has 0 saturated heterocycles. The maximum Gasteiger partial charge on any atom is 0.303 e. The lowest BCUT2D eigenvalue weighted by atomic mass is 10.00. The highest BCUT2D eigenvalue weighted by Gasteiger charge is 2.34. The number of para-hydroxylation sites is 1. The number of amides is 1. The van der Waals surface area contributed by atoms with Gasteiger partial charge in [-0.25, -0.2) is 24.5 Å². The molecular weight excluding hydrogens is 600 g/mol. The van der Waals surface area contributed by atoms with Gasteiger partial charge in [0.15, 0.2) is 17.1 Å². The van der Waals surface area contributed by atoms with Crippen LogP contribution >= 0.6 is 0 Å². The van der Waals surface area contributed by atoms with Crippen LogP contribution < -0.4 is 10.3 Å².